The lowest BCUT2D eigenvalue weighted by molar-refractivity contribution is -0.115. The van der Waals surface area contributed by atoms with Gasteiger partial charge in [0.25, 0.3) is 0 Å². The number of nitrogens with one attached hydrogen (secondary N) is 1. The van der Waals surface area contributed by atoms with Crippen LogP contribution in [0, 0.1) is 0 Å². The zero-order valence-corrected chi connectivity index (χ0v) is 12.0. The molecule has 0 unspecified atom stereocenters. The Bertz CT molecular complexity index is 557. The molecule has 0 radical (unpaired) electrons. The molecule has 20 heavy (non-hydrogen) atoms. The standard InChI is InChI=1S/C16H18N2OS/c17-14-8-4-5-9-15(14)18-16(19)10-11-20-12-13-6-2-1-3-7-13/h1-9H,10-12,17H2,(H,18,19). The molecule has 0 saturated carbocycles. The van der Waals surface area contributed by atoms with Crippen molar-refractivity contribution in [2.24, 2.45) is 0 Å². The molecule has 0 fully saturated rings. The monoisotopic (exact) mass is 286 g/mol. The summed E-state index contributed by atoms with van der Waals surface area (Å²) in [6.45, 7) is 0. The molecule has 0 heterocycles. The Morgan fingerprint density at radius 1 is 1.05 bits per heavy atom. The largest absolute Gasteiger partial charge is 0.397 e. The van der Waals surface area contributed by atoms with Crippen LogP contribution in [0.25, 0.3) is 0 Å². The molecule has 1 amide bonds. The second kappa shape index (κ2) is 7.60. The molecule has 4 heteroatoms. The summed E-state index contributed by atoms with van der Waals surface area (Å²) in [5.74, 6) is 1.73. The minimum absolute atomic E-state index is 0.00321. The van der Waals surface area contributed by atoms with Crippen LogP contribution in [0.15, 0.2) is 54.6 Å². The number of carbonyl (C=O) groups is 1. The van der Waals surface area contributed by atoms with Crippen molar-refractivity contribution in [3.05, 3.63) is 60.2 Å². The molecule has 2 aromatic rings. The Labute approximate surface area is 123 Å². The third-order valence-corrected chi connectivity index (χ3v) is 3.85. The lowest BCUT2D eigenvalue weighted by atomic mass is 10.2. The van der Waals surface area contributed by atoms with Crippen molar-refractivity contribution in [2.45, 2.75) is 12.2 Å². The van der Waals surface area contributed by atoms with Crippen molar-refractivity contribution in [2.75, 3.05) is 16.8 Å². The van der Waals surface area contributed by atoms with Gasteiger partial charge in [-0.3, -0.25) is 4.79 Å². The molecular formula is C16H18N2OS. The van der Waals surface area contributed by atoms with Crippen molar-refractivity contribution in [3.8, 4) is 0 Å². The fourth-order valence-corrected chi connectivity index (χ4v) is 2.65. The minimum atomic E-state index is 0.00321. The molecule has 2 rings (SSSR count). The Hall–Kier alpha value is -1.94. The Morgan fingerprint density at radius 3 is 2.50 bits per heavy atom. The highest BCUT2D eigenvalue weighted by atomic mass is 32.2. The summed E-state index contributed by atoms with van der Waals surface area (Å²) in [6.07, 6.45) is 0.492. The predicted octanol–water partition coefficient (Wildman–Crippen LogP) is 3.53. The van der Waals surface area contributed by atoms with Gasteiger partial charge >= 0.3 is 0 Å². The van der Waals surface area contributed by atoms with E-state index in [9.17, 15) is 4.79 Å². The summed E-state index contributed by atoms with van der Waals surface area (Å²) in [6, 6.07) is 17.5. The van der Waals surface area contributed by atoms with Gasteiger partial charge in [-0.25, -0.2) is 0 Å². The van der Waals surface area contributed by atoms with Gasteiger partial charge in [-0.05, 0) is 17.7 Å². The smallest absolute Gasteiger partial charge is 0.225 e. The first kappa shape index (κ1) is 14.5. The Balaban J connectivity index is 1.69. The maximum Gasteiger partial charge on any atom is 0.225 e. The van der Waals surface area contributed by atoms with E-state index in [1.807, 2.05) is 36.4 Å². The lowest BCUT2D eigenvalue weighted by Gasteiger charge is -2.07. The molecular weight excluding hydrogens is 268 g/mol. The van der Waals surface area contributed by atoms with E-state index in [1.54, 1.807) is 17.8 Å². The number of hydrogen-bond acceptors (Lipinski definition) is 3. The number of nitrogens with two attached hydrogens (primary N) is 1. The molecule has 0 spiro atoms. The van der Waals surface area contributed by atoms with Crippen molar-refractivity contribution >= 4 is 29.0 Å². The second-order valence-electron chi connectivity index (χ2n) is 4.42. The number of para-hydroxylation sites is 2. The third-order valence-electron chi connectivity index (χ3n) is 2.82. The summed E-state index contributed by atoms with van der Waals surface area (Å²) in [7, 11) is 0. The van der Waals surface area contributed by atoms with Gasteiger partial charge in [0.15, 0.2) is 0 Å². The van der Waals surface area contributed by atoms with Gasteiger partial charge in [0.1, 0.15) is 0 Å². The summed E-state index contributed by atoms with van der Waals surface area (Å²) in [5, 5.41) is 2.83. The number of anilines is 2. The van der Waals surface area contributed by atoms with Crippen LogP contribution in [0.4, 0.5) is 11.4 Å². The molecule has 0 aliphatic rings. The van der Waals surface area contributed by atoms with Gasteiger partial charge in [0.05, 0.1) is 11.4 Å². The van der Waals surface area contributed by atoms with E-state index in [1.165, 1.54) is 5.56 Å². The highest BCUT2D eigenvalue weighted by molar-refractivity contribution is 7.98. The fraction of sp³-hybridized carbons (Fsp3) is 0.188. The second-order valence-corrected chi connectivity index (χ2v) is 5.53. The molecule has 0 atom stereocenters. The van der Waals surface area contributed by atoms with Crippen LogP contribution in [0.5, 0.6) is 0 Å². The van der Waals surface area contributed by atoms with E-state index < -0.39 is 0 Å². The first-order valence-electron chi connectivity index (χ1n) is 6.52. The topological polar surface area (TPSA) is 55.1 Å². The van der Waals surface area contributed by atoms with E-state index in [0.29, 0.717) is 17.8 Å². The zero-order chi connectivity index (χ0) is 14.2. The predicted molar refractivity (Wildman–Crippen MR) is 86.7 cm³/mol. The summed E-state index contributed by atoms with van der Waals surface area (Å²) < 4.78 is 0. The maximum absolute atomic E-state index is 11.8. The van der Waals surface area contributed by atoms with Gasteiger partial charge in [-0.2, -0.15) is 11.8 Å². The number of thioether (sulfide) groups is 1. The van der Waals surface area contributed by atoms with Crippen LogP contribution in [-0.2, 0) is 10.5 Å². The third kappa shape index (κ3) is 4.63. The van der Waals surface area contributed by atoms with Crippen LogP contribution in [0.1, 0.15) is 12.0 Å². The van der Waals surface area contributed by atoms with Gasteiger partial charge in [0.2, 0.25) is 5.91 Å². The molecule has 3 N–H and O–H groups in total. The van der Waals surface area contributed by atoms with Crippen LogP contribution in [0.2, 0.25) is 0 Å². The van der Waals surface area contributed by atoms with Gasteiger partial charge in [0, 0.05) is 17.9 Å². The van der Waals surface area contributed by atoms with Crippen molar-refractivity contribution in [1.29, 1.82) is 0 Å². The molecule has 0 saturated heterocycles. The van der Waals surface area contributed by atoms with Gasteiger partial charge in [-0.15, -0.1) is 0 Å². The number of rotatable bonds is 6. The maximum atomic E-state index is 11.8. The van der Waals surface area contributed by atoms with Crippen molar-refractivity contribution < 1.29 is 4.79 Å². The molecule has 2 aromatic carbocycles. The minimum Gasteiger partial charge on any atom is -0.397 e. The summed E-state index contributed by atoms with van der Waals surface area (Å²) in [5.41, 5.74) is 8.34. The molecule has 0 bridgehead atoms. The first-order chi connectivity index (χ1) is 9.75. The summed E-state index contributed by atoms with van der Waals surface area (Å²) >= 11 is 1.76. The zero-order valence-electron chi connectivity index (χ0n) is 11.2. The van der Waals surface area contributed by atoms with E-state index >= 15 is 0 Å². The quantitative estimate of drug-likeness (QED) is 0.631. The molecule has 104 valence electrons. The van der Waals surface area contributed by atoms with Crippen molar-refractivity contribution in [1.82, 2.24) is 0 Å². The molecule has 0 aromatic heterocycles. The summed E-state index contributed by atoms with van der Waals surface area (Å²) in [4.78, 5) is 11.8. The highest BCUT2D eigenvalue weighted by Gasteiger charge is 2.04. The van der Waals surface area contributed by atoms with Crippen LogP contribution < -0.4 is 11.1 Å². The normalized spacial score (nSPS) is 10.2. The van der Waals surface area contributed by atoms with Crippen LogP contribution in [0.3, 0.4) is 0 Å². The average molecular weight is 286 g/mol. The van der Waals surface area contributed by atoms with Crippen LogP contribution in [-0.4, -0.2) is 11.7 Å². The number of amides is 1. The number of hydrogen-bond donors (Lipinski definition) is 2. The molecule has 3 nitrogen and oxygen atoms in total. The van der Waals surface area contributed by atoms with E-state index in [-0.39, 0.29) is 5.91 Å². The van der Waals surface area contributed by atoms with E-state index in [2.05, 4.69) is 17.4 Å². The van der Waals surface area contributed by atoms with Crippen LogP contribution >= 0.6 is 11.8 Å². The van der Waals surface area contributed by atoms with Gasteiger partial charge < -0.3 is 11.1 Å². The first-order valence-corrected chi connectivity index (χ1v) is 7.67. The number of carbonyl (C=O) groups excluding carboxylic acids is 1. The number of benzene rings is 2. The average Bonchev–Trinajstić information content (AvgIpc) is 2.47. The number of nitrogen functional groups attached to an aromatic ring is 1. The Morgan fingerprint density at radius 2 is 1.75 bits per heavy atom. The van der Waals surface area contributed by atoms with Crippen molar-refractivity contribution in [3.63, 3.8) is 0 Å². The van der Waals surface area contributed by atoms with E-state index in [0.717, 1.165) is 11.5 Å². The SMILES string of the molecule is Nc1ccccc1NC(=O)CCSCc1ccccc1. The lowest BCUT2D eigenvalue weighted by Crippen LogP contribution is -2.13. The molecule has 0 aliphatic heterocycles. The fourth-order valence-electron chi connectivity index (χ4n) is 1.75. The Kier molecular flexibility index (Phi) is 5.50. The van der Waals surface area contributed by atoms with Gasteiger partial charge in [-0.1, -0.05) is 42.5 Å². The van der Waals surface area contributed by atoms with E-state index in [4.69, 9.17) is 5.73 Å². The molecule has 0 aliphatic carbocycles. The highest BCUT2D eigenvalue weighted by Crippen LogP contribution is 2.18.